The molecule has 0 saturated carbocycles. The lowest BCUT2D eigenvalue weighted by atomic mass is 10.0. The van der Waals surface area contributed by atoms with Gasteiger partial charge >= 0.3 is 6.18 Å². The maximum atomic E-state index is 13.5. The molecule has 0 aliphatic rings. The van der Waals surface area contributed by atoms with E-state index >= 15 is 0 Å². The summed E-state index contributed by atoms with van der Waals surface area (Å²) in [6, 6.07) is 11.0. The molecule has 0 bridgehead atoms. The van der Waals surface area contributed by atoms with Crippen LogP contribution in [0.25, 0.3) is 5.69 Å². The second-order valence-corrected chi connectivity index (χ2v) is 12.4. The van der Waals surface area contributed by atoms with Gasteiger partial charge in [0.1, 0.15) is 5.56 Å². The van der Waals surface area contributed by atoms with Gasteiger partial charge in [-0.25, -0.2) is 8.42 Å². The molecule has 0 aliphatic heterocycles. The van der Waals surface area contributed by atoms with Gasteiger partial charge in [-0.15, -0.1) is 0 Å². The molecular weight excluding hydrogens is 547 g/mol. The van der Waals surface area contributed by atoms with Crippen LogP contribution in [0.3, 0.4) is 0 Å². The van der Waals surface area contributed by atoms with Crippen molar-refractivity contribution in [3.05, 3.63) is 92.9 Å². The van der Waals surface area contributed by atoms with Crippen LogP contribution in [0.5, 0.6) is 0 Å². The number of alkyl halides is 3. The number of carbonyl (C=O) groups is 2. The van der Waals surface area contributed by atoms with E-state index in [-0.39, 0.29) is 28.4 Å². The fourth-order valence-corrected chi connectivity index (χ4v) is 4.46. The summed E-state index contributed by atoms with van der Waals surface area (Å²) in [4.78, 5) is 41.7. The maximum absolute atomic E-state index is 13.5. The lowest BCUT2D eigenvalue weighted by Crippen LogP contribution is -2.44. The molecule has 2 aromatic carbocycles. The molecule has 0 aliphatic carbocycles. The van der Waals surface area contributed by atoms with Crippen molar-refractivity contribution in [2.75, 3.05) is 13.3 Å². The summed E-state index contributed by atoms with van der Waals surface area (Å²) in [6.45, 7) is 6.70. The van der Waals surface area contributed by atoms with Crippen molar-refractivity contribution in [1.82, 2.24) is 14.8 Å². The number of hydrogen-bond donors (Lipinski definition) is 1. The van der Waals surface area contributed by atoms with Crippen LogP contribution in [0.4, 0.5) is 13.2 Å². The topological polar surface area (TPSA) is 106 Å². The Balaban J connectivity index is 2.12. The molecule has 3 rings (SSSR count). The first-order valence-electron chi connectivity index (χ1n) is 12.1. The van der Waals surface area contributed by atoms with Crippen molar-refractivity contribution < 1.29 is 31.2 Å². The van der Waals surface area contributed by atoms with Crippen LogP contribution in [0.1, 0.15) is 58.3 Å². The first-order chi connectivity index (χ1) is 18.3. The number of aromatic nitrogens is 1. The normalized spacial score (nSPS) is 12.2. The number of nitrogens with zero attached hydrogens (tertiary/aromatic N) is 2. The average Bonchev–Trinajstić information content (AvgIpc) is 2.85. The van der Waals surface area contributed by atoms with E-state index in [1.807, 2.05) is 0 Å². The third-order valence-corrected chi connectivity index (χ3v) is 7.60. The highest BCUT2D eigenvalue weighted by molar-refractivity contribution is 7.90. The summed E-state index contributed by atoms with van der Waals surface area (Å²) < 4.78 is 64.6. The lowest BCUT2D eigenvalue weighted by molar-refractivity contribution is -0.137. The molecule has 2 amide bonds. The summed E-state index contributed by atoms with van der Waals surface area (Å²) in [5.41, 5.74) is -2.57. The molecule has 0 saturated heterocycles. The fraction of sp³-hybridized carbons (Fsp3) is 0.321. The van der Waals surface area contributed by atoms with Crippen molar-refractivity contribution >= 4 is 21.7 Å². The van der Waals surface area contributed by atoms with E-state index in [9.17, 15) is 36.0 Å². The molecule has 8 nitrogen and oxygen atoms in total. The zero-order valence-corrected chi connectivity index (χ0v) is 23.7. The Morgan fingerprint density at radius 3 is 2.10 bits per heavy atom. The summed E-state index contributed by atoms with van der Waals surface area (Å²) >= 11 is 0. The Morgan fingerprint density at radius 2 is 1.57 bits per heavy atom. The number of pyridine rings is 1. The van der Waals surface area contributed by atoms with E-state index in [1.165, 1.54) is 42.2 Å². The molecule has 1 heterocycles. The molecule has 0 fully saturated rings. The molecule has 3 aromatic rings. The second kappa shape index (κ2) is 10.9. The Bertz CT molecular complexity index is 1620. The minimum atomic E-state index is -4.68. The Kier molecular flexibility index (Phi) is 8.35. The van der Waals surface area contributed by atoms with Crippen molar-refractivity contribution in [3.63, 3.8) is 0 Å². The van der Waals surface area contributed by atoms with Crippen LogP contribution in [-0.2, 0) is 22.6 Å². The molecule has 12 heteroatoms. The van der Waals surface area contributed by atoms with Gasteiger partial charge < -0.3 is 10.2 Å². The molecule has 0 spiro atoms. The number of carbonyl (C=O) groups excluding carboxylic acids is 2. The third-order valence-electron chi connectivity index (χ3n) is 6.47. The highest BCUT2D eigenvalue weighted by Crippen LogP contribution is 2.30. The van der Waals surface area contributed by atoms with Crippen LogP contribution >= 0.6 is 0 Å². The Labute approximate surface area is 230 Å². The van der Waals surface area contributed by atoms with E-state index in [2.05, 4.69) is 5.32 Å². The predicted molar refractivity (Wildman–Crippen MR) is 144 cm³/mol. The number of amides is 2. The van der Waals surface area contributed by atoms with Crippen LogP contribution in [0.15, 0.2) is 64.3 Å². The number of halogens is 3. The largest absolute Gasteiger partial charge is 0.416 e. The number of rotatable bonds is 6. The second-order valence-electron chi connectivity index (χ2n) is 10.4. The van der Waals surface area contributed by atoms with Gasteiger partial charge in [0.15, 0.2) is 9.84 Å². The quantitative estimate of drug-likeness (QED) is 0.469. The van der Waals surface area contributed by atoms with Gasteiger partial charge in [0.05, 0.1) is 16.0 Å². The van der Waals surface area contributed by atoms with Crippen molar-refractivity contribution in [2.24, 2.45) is 0 Å². The number of benzene rings is 2. The van der Waals surface area contributed by atoms with Gasteiger partial charge in [-0.2, -0.15) is 13.2 Å². The fourth-order valence-electron chi connectivity index (χ4n) is 3.83. The first kappa shape index (κ1) is 30.6. The van der Waals surface area contributed by atoms with Crippen LogP contribution in [0, 0.1) is 6.92 Å². The summed E-state index contributed by atoms with van der Waals surface area (Å²) in [7, 11) is -1.87. The zero-order valence-electron chi connectivity index (χ0n) is 22.9. The van der Waals surface area contributed by atoms with Gasteiger partial charge in [-0.3, -0.25) is 19.0 Å². The molecule has 1 aromatic heterocycles. The summed E-state index contributed by atoms with van der Waals surface area (Å²) in [5, 5.41) is 2.57. The number of nitrogens with one attached hydrogen (secondary N) is 1. The van der Waals surface area contributed by atoms with E-state index in [4.69, 9.17) is 0 Å². The molecule has 0 unspecified atom stereocenters. The van der Waals surface area contributed by atoms with Gasteiger partial charge in [-0.1, -0.05) is 18.2 Å². The van der Waals surface area contributed by atoms with Gasteiger partial charge in [0, 0.05) is 36.8 Å². The smallest absolute Gasteiger partial charge is 0.348 e. The number of sulfone groups is 1. The van der Waals surface area contributed by atoms with Gasteiger partial charge in [-0.05, 0) is 69.7 Å². The molecule has 214 valence electrons. The number of hydrogen-bond acceptors (Lipinski definition) is 5. The van der Waals surface area contributed by atoms with Crippen molar-refractivity contribution in [1.29, 1.82) is 0 Å². The highest BCUT2D eigenvalue weighted by atomic mass is 32.2. The predicted octanol–water partition coefficient (Wildman–Crippen LogP) is 4.37. The lowest BCUT2D eigenvalue weighted by Gasteiger charge is -2.32. The monoisotopic (exact) mass is 577 g/mol. The van der Waals surface area contributed by atoms with Crippen LogP contribution in [-0.4, -0.2) is 48.5 Å². The Hall–Kier alpha value is -3.93. The summed E-state index contributed by atoms with van der Waals surface area (Å²) in [5.74, 6) is -1.39. The van der Waals surface area contributed by atoms with E-state index in [0.29, 0.717) is 5.56 Å². The van der Waals surface area contributed by atoms with Crippen molar-refractivity contribution in [2.45, 2.75) is 50.9 Å². The van der Waals surface area contributed by atoms with Crippen LogP contribution in [0.2, 0.25) is 0 Å². The highest BCUT2D eigenvalue weighted by Gasteiger charge is 2.32. The van der Waals surface area contributed by atoms with E-state index in [0.717, 1.165) is 35.1 Å². The zero-order chi connectivity index (χ0) is 30.2. The molecule has 40 heavy (non-hydrogen) atoms. The van der Waals surface area contributed by atoms with Gasteiger partial charge in [0.2, 0.25) is 0 Å². The van der Waals surface area contributed by atoms with Crippen LogP contribution < -0.4 is 10.9 Å². The standard InChI is InChI=1S/C28H30F3N3O5S/c1-17-22(25(36)33(5)27(2,3)4)15-23(24(35)32-16-18-10-12-21(13-11-18)40(6,38)39)26(37)34(17)20-9-7-8-19(14-20)28(29,30)31/h7-15H,16H2,1-6H3,(H,32,35). The van der Waals surface area contributed by atoms with Crippen molar-refractivity contribution in [3.8, 4) is 5.69 Å². The SMILES string of the molecule is Cc1c(C(=O)N(C)C(C)(C)C)cc(C(=O)NCc2ccc(S(C)(=O)=O)cc2)c(=O)n1-c1cccc(C(F)(F)F)c1. The minimum Gasteiger partial charge on any atom is -0.348 e. The van der Waals surface area contributed by atoms with Gasteiger partial charge in [0.25, 0.3) is 17.4 Å². The maximum Gasteiger partial charge on any atom is 0.416 e. The Morgan fingerprint density at radius 1 is 0.975 bits per heavy atom. The average molecular weight is 578 g/mol. The molecule has 1 N–H and O–H groups in total. The molecular formula is C28H30F3N3O5S. The van der Waals surface area contributed by atoms with E-state index < -0.39 is 50.1 Å². The first-order valence-corrected chi connectivity index (χ1v) is 14.0. The van der Waals surface area contributed by atoms with E-state index in [1.54, 1.807) is 27.8 Å². The molecule has 0 atom stereocenters. The third kappa shape index (κ3) is 6.61. The molecule has 0 radical (unpaired) electrons. The minimum absolute atomic E-state index is 0.0305. The summed E-state index contributed by atoms with van der Waals surface area (Å²) in [6.07, 6.45) is -3.62.